The standard InChI is InChI=1S/C24H31N5O3S/c1-26(2)11-21(31)29-14-24(15-29)13-28(10-20-25-7-8-33-20)19(12-30)23-22(24)17-6-5-16(32-4)9-18(17)27(23)3/h5-9,19,30H,10-15H2,1-4H3/t19-/m1/s1. The second kappa shape index (κ2) is 8.39. The molecule has 0 saturated carbocycles. The number of hydrogen-bond acceptors (Lipinski definition) is 7. The van der Waals surface area contributed by atoms with Crippen molar-refractivity contribution in [2.75, 3.05) is 54.0 Å². The van der Waals surface area contributed by atoms with Crippen molar-refractivity contribution in [3.8, 4) is 5.75 Å². The molecule has 4 heterocycles. The number of nitrogens with zero attached hydrogens (tertiary/aromatic N) is 5. The highest BCUT2D eigenvalue weighted by Gasteiger charge is 2.54. The van der Waals surface area contributed by atoms with Gasteiger partial charge in [0.1, 0.15) is 10.8 Å². The summed E-state index contributed by atoms with van der Waals surface area (Å²) in [5.74, 6) is 0.968. The number of carbonyl (C=O) groups is 1. The first-order valence-electron chi connectivity index (χ1n) is 11.2. The summed E-state index contributed by atoms with van der Waals surface area (Å²) in [7, 11) is 7.59. The number of benzene rings is 1. The number of ether oxygens (including phenoxy) is 1. The number of aromatic nitrogens is 2. The minimum atomic E-state index is -0.172. The zero-order chi connectivity index (χ0) is 23.3. The first kappa shape index (κ1) is 22.3. The average molecular weight is 470 g/mol. The lowest BCUT2D eigenvalue weighted by molar-refractivity contribution is -0.141. The quantitative estimate of drug-likeness (QED) is 0.594. The first-order chi connectivity index (χ1) is 15.9. The Labute approximate surface area is 198 Å². The first-order valence-corrected chi connectivity index (χ1v) is 12.1. The maximum Gasteiger partial charge on any atom is 0.236 e. The lowest BCUT2D eigenvalue weighted by Gasteiger charge is -2.56. The maximum atomic E-state index is 12.8. The molecule has 2 aromatic heterocycles. The third-order valence-electron chi connectivity index (χ3n) is 7.03. The molecule has 2 aliphatic heterocycles. The molecule has 2 aliphatic rings. The Hall–Kier alpha value is -2.46. The van der Waals surface area contributed by atoms with E-state index >= 15 is 0 Å². The molecule has 0 unspecified atom stereocenters. The Bertz CT molecular complexity index is 1170. The number of rotatable bonds is 6. The van der Waals surface area contributed by atoms with Gasteiger partial charge in [-0.25, -0.2) is 4.98 Å². The lowest BCUT2D eigenvalue weighted by atomic mass is 9.68. The van der Waals surface area contributed by atoms with Crippen molar-refractivity contribution in [3.05, 3.63) is 46.0 Å². The van der Waals surface area contributed by atoms with Crippen molar-refractivity contribution in [2.24, 2.45) is 7.05 Å². The van der Waals surface area contributed by atoms with Gasteiger partial charge in [-0.15, -0.1) is 11.3 Å². The Morgan fingerprint density at radius 3 is 2.76 bits per heavy atom. The molecule has 1 spiro atoms. The van der Waals surface area contributed by atoms with Gasteiger partial charge in [0.05, 0.1) is 38.4 Å². The third-order valence-corrected chi connectivity index (χ3v) is 7.80. The van der Waals surface area contributed by atoms with Crippen molar-refractivity contribution in [1.29, 1.82) is 0 Å². The van der Waals surface area contributed by atoms with Gasteiger partial charge in [0.25, 0.3) is 0 Å². The molecule has 176 valence electrons. The largest absolute Gasteiger partial charge is 0.497 e. The van der Waals surface area contributed by atoms with Crippen LogP contribution in [0.1, 0.15) is 22.3 Å². The molecule has 1 amide bonds. The Balaban J connectivity index is 1.61. The zero-order valence-corrected chi connectivity index (χ0v) is 20.4. The molecule has 0 aliphatic carbocycles. The van der Waals surface area contributed by atoms with Crippen LogP contribution in [0.4, 0.5) is 0 Å². The molecule has 3 aromatic rings. The van der Waals surface area contributed by atoms with Crippen LogP contribution in [0, 0.1) is 0 Å². The average Bonchev–Trinajstić information content (AvgIpc) is 3.37. The van der Waals surface area contributed by atoms with Gasteiger partial charge in [0, 0.05) is 60.8 Å². The molecule has 8 nitrogen and oxygen atoms in total. The zero-order valence-electron chi connectivity index (χ0n) is 19.6. The number of aliphatic hydroxyl groups excluding tert-OH is 1. The molecular formula is C24H31N5O3S. The van der Waals surface area contributed by atoms with Gasteiger partial charge >= 0.3 is 0 Å². The van der Waals surface area contributed by atoms with E-state index in [9.17, 15) is 9.90 Å². The summed E-state index contributed by atoms with van der Waals surface area (Å²) in [4.78, 5) is 23.5. The van der Waals surface area contributed by atoms with E-state index < -0.39 is 0 Å². The van der Waals surface area contributed by atoms with E-state index in [0.29, 0.717) is 26.2 Å². The van der Waals surface area contributed by atoms with Crippen LogP contribution in [0.3, 0.4) is 0 Å². The van der Waals surface area contributed by atoms with Crippen LogP contribution >= 0.6 is 11.3 Å². The predicted molar refractivity (Wildman–Crippen MR) is 129 cm³/mol. The van der Waals surface area contributed by atoms with Gasteiger partial charge in [-0.2, -0.15) is 0 Å². The number of thiazole rings is 1. The van der Waals surface area contributed by atoms with Gasteiger partial charge in [-0.1, -0.05) is 0 Å². The van der Waals surface area contributed by atoms with Gasteiger partial charge < -0.3 is 24.2 Å². The number of fused-ring (bicyclic) bond motifs is 4. The van der Waals surface area contributed by atoms with Crippen LogP contribution in [0.15, 0.2) is 29.8 Å². The Morgan fingerprint density at radius 2 is 2.12 bits per heavy atom. The van der Waals surface area contributed by atoms with Crippen LogP contribution in [0.2, 0.25) is 0 Å². The SMILES string of the molecule is COc1ccc2c3c(n(C)c2c1)[C@@H](CO)N(Cc1nccs1)CC31CN(C(=O)CN(C)C)C1. The molecular weight excluding hydrogens is 438 g/mol. The van der Waals surface area contributed by atoms with Crippen LogP contribution in [0.25, 0.3) is 10.9 Å². The highest BCUT2D eigenvalue weighted by Crippen LogP contribution is 2.50. The van der Waals surface area contributed by atoms with E-state index in [1.807, 2.05) is 41.5 Å². The van der Waals surface area contributed by atoms with E-state index in [1.54, 1.807) is 18.4 Å². The Morgan fingerprint density at radius 1 is 1.33 bits per heavy atom. The van der Waals surface area contributed by atoms with Crippen molar-refractivity contribution in [1.82, 2.24) is 24.3 Å². The van der Waals surface area contributed by atoms with Crippen molar-refractivity contribution in [3.63, 3.8) is 0 Å². The number of likely N-dealkylation sites (N-methyl/N-ethyl adjacent to an activating group) is 1. The van der Waals surface area contributed by atoms with Gasteiger partial charge in [0.2, 0.25) is 5.91 Å². The third kappa shape index (κ3) is 3.63. The topological polar surface area (TPSA) is 74.1 Å². The number of aliphatic hydroxyl groups is 1. The number of aryl methyl sites for hydroxylation is 1. The fourth-order valence-corrected chi connectivity index (χ4v) is 6.26. The summed E-state index contributed by atoms with van der Waals surface area (Å²) in [5, 5.41) is 14.7. The molecule has 1 N–H and O–H groups in total. The molecule has 1 fully saturated rings. The smallest absolute Gasteiger partial charge is 0.236 e. The number of hydrogen-bond donors (Lipinski definition) is 1. The fraction of sp³-hybridized carbons (Fsp3) is 0.500. The van der Waals surface area contributed by atoms with Gasteiger partial charge in [0.15, 0.2) is 0 Å². The summed E-state index contributed by atoms with van der Waals surface area (Å²) in [6.07, 6.45) is 1.83. The van der Waals surface area contributed by atoms with Crippen LogP contribution in [-0.2, 0) is 23.8 Å². The molecule has 9 heteroatoms. The lowest BCUT2D eigenvalue weighted by Crippen LogP contribution is -2.68. The highest BCUT2D eigenvalue weighted by atomic mass is 32.1. The van der Waals surface area contributed by atoms with Crippen molar-refractivity contribution < 1.29 is 14.6 Å². The van der Waals surface area contributed by atoms with E-state index in [4.69, 9.17) is 4.74 Å². The Kier molecular flexibility index (Phi) is 5.68. The van der Waals surface area contributed by atoms with Crippen molar-refractivity contribution >= 4 is 28.1 Å². The van der Waals surface area contributed by atoms with E-state index in [0.717, 1.165) is 28.5 Å². The normalized spacial score (nSPS) is 19.8. The molecule has 1 saturated heterocycles. The van der Waals surface area contributed by atoms with E-state index in [-0.39, 0.29) is 24.0 Å². The summed E-state index contributed by atoms with van der Waals surface area (Å²) in [5.41, 5.74) is 3.31. The number of amides is 1. The van der Waals surface area contributed by atoms with Crippen molar-refractivity contribution in [2.45, 2.75) is 18.0 Å². The molecule has 0 radical (unpaired) electrons. The minimum absolute atomic E-state index is 0.0268. The van der Waals surface area contributed by atoms with Crippen LogP contribution < -0.4 is 4.74 Å². The molecule has 5 rings (SSSR count). The minimum Gasteiger partial charge on any atom is -0.497 e. The van der Waals surface area contributed by atoms with Gasteiger partial charge in [-0.3, -0.25) is 9.69 Å². The molecule has 33 heavy (non-hydrogen) atoms. The van der Waals surface area contributed by atoms with Crippen LogP contribution in [0.5, 0.6) is 5.75 Å². The highest BCUT2D eigenvalue weighted by molar-refractivity contribution is 7.09. The number of likely N-dealkylation sites (tertiary alicyclic amines) is 1. The molecule has 1 atom stereocenters. The monoisotopic (exact) mass is 469 g/mol. The molecule has 1 aromatic carbocycles. The predicted octanol–water partition coefficient (Wildman–Crippen LogP) is 1.83. The summed E-state index contributed by atoms with van der Waals surface area (Å²) in [6.45, 7) is 3.27. The fourth-order valence-electron chi connectivity index (χ4n) is 5.62. The summed E-state index contributed by atoms with van der Waals surface area (Å²) >= 11 is 1.63. The van der Waals surface area contributed by atoms with E-state index in [1.165, 1.54) is 10.9 Å². The molecule has 0 bridgehead atoms. The van der Waals surface area contributed by atoms with Gasteiger partial charge in [-0.05, 0) is 31.8 Å². The van der Waals surface area contributed by atoms with Crippen LogP contribution in [-0.4, -0.2) is 89.3 Å². The number of methoxy groups -OCH3 is 1. The maximum absolute atomic E-state index is 12.8. The second-order valence-corrected chi connectivity index (χ2v) is 10.5. The van der Waals surface area contributed by atoms with E-state index in [2.05, 4.69) is 33.6 Å². The summed E-state index contributed by atoms with van der Waals surface area (Å²) < 4.78 is 7.70. The summed E-state index contributed by atoms with van der Waals surface area (Å²) in [6, 6.07) is 6.06. The number of carbonyl (C=O) groups excluding carboxylic acids is 1. The second-order valence-electron chi connectivity index (χ2n) is 9.50.